The number of hydrogen-bond acceptors (Lipinski definition) is 5. The van der Waals surface area contributed by atoms with E-state index in [1.807, 2.05) is 0 Å². The maximum Gasteiger partial charge on any atom is 0.240 e. The molecule has 0 bridgehead atoms. The smallest absolute Gasteiger partial charge is 0.240 e. The van der Waals surface area contributed by atoms with Crippen LogP contribution in [0.4, 0.5) is 0 Å². The van der Waals surface area contributed by atoms with Gasteiger partial charge < -0.3 is 15.4 Å². The van der Waals surface area contributed by atoms with E-state index < -0.39 is 10.0 Å². The van der Waals surface area contributed by atoms with Crippen LogP contribution in [0, 0.1) is 11.8 Å². The van der Waals surface area contributed by atoms with Crippen molar-refractivity contribution in [3.8, 4) is 5.75 Å². The van der Waals surface area contributed by atoms with Gasteiger partial charge in [0.05, 0.1) is 18.6 Å². The Morgan fingerprint density at radius 1 is 1.00 bits per heavy atom. The van der Waals surface area contributed by atoms with Crippen LogP contribution < -0.4 is 20.1 Å². The van der Waals surface area contributed by atoms with Gasteiger partial charge in [-0.15, -0.1) is 0 Å². The van der Waals surface area contributed by atoms with E-state index in [0.717, 1.165) is 38.5 Å². The molecule has 1 aromatic rings. The fourth-order valence-electron chi connectivity index (χ4n) is 4.36. The van der Waals surface area contributed by atoms with Gasteiger partial charge in [0.2, 0.25) is 21.8 Å². The van der Waals surface area contributed by atoms with Gasteiger partial charge >= 0.3 is 0 Å². The van der Waals surface area contributed by atoms with Crippen LogP contribution in [0.2, 0.25) is 0 Å². The van der Waals surface area contributed by atoms with E-state index in [1.54, 1.807) is 12.1 Å². The lowest BCUT2D eigenvalue weighted by atomic mass is 9.81. The van der Waals surface area contributed by atoms with Gasteiger partial charge in [0.1, 0.15) is 5.75 Å². The average molecular weight is 452 g/mol. The van der Waals surface area contributed by atoms with E-state index in [0.29, 0.717) is 25.1 Å². The monoisotopic (exact) mass is 451 g/mol. The standard InChI is InChI=1S/C22H33N3O5S/c1-30-19-10-12-20(13-11-19)31(28,29)24-14-16-6-8-17(9-7-16)22(27)23-15-21(26)25-18-4-2-3-5-18/h10-13,16-18,24H,2-9,14-15H2,1H3,(H,23,27)(H,25,26). The number of hydrogen-bond donors (Lipinski definition) is 3. The molecular weight excluding hydrogens is 418 g/mol. The van der Waals surface area contributed by atoms with Crippen LogP contribution >= 0.6 is 0 Å². The summed E-state index contributed by atoms with van der Waals surface area (Å²) >= 11 is 0. The van der Waals surface area contributed by atoms with E-state index in [1.165, 1.54) is 19.2 Å². The Hall–Kier alpha value is -2.13. The van der Waals surface area contributed by atoms with Gasteiger partial charge in [-0.25, -0.2) is 13.1 Å². The summed E-state index contributed by atoms with van der Waals surface area (Å²) in [4.78, 5) is 24.6. The SMILES string of the molecule is COc1ccc(S(=O)(=O)NCC2CCC(C(=O)NCC(=O)NC3CCCC3)CC2)cc1. The molecule has 0 aromatic heterocycles. The molecule has 8 nitrogen and oxygen atoms in total. The molecule has 0 radical (unpaired) electrons. The number of ether oxygens (including phenoxy) is 1. The number of benzene rings is 1. The Bertz CT molecular complexity index is 842. The van der Waals surface area contributed by atoms with E-state index in [-0.39, 0.29) is 41.1 Å². The third-order valence-corrected chi connectivity index (χ3v) is 7.73. The Morgan fingerprint density at radius 3 is 2.26 bits per heavy atom. The number of methoxy groups -OCH3 is 1. The van der Waals surface area contributed by atoms with Crippen LogP contribution in [0.1, 0.15) is 51.4 Å². The highest BCUT2D eigenvalue weighted by Gasteiger charge is 2.28. The minimum Gasteiger partial charge on any atom is -0.497 e. The lowest BCUT2D eigenvalue weighted by Gasteiger charge is -2.27. The average Bonchev–Trinajstić information content (AvgIpc) is 3.29. The first-order valence-electron chi connectivity index (χ1n) is 11.1. The van der Waals surface area contributed by atoms with Gasteiger partial charge in [-0.05, 0) is 68.7 Å². The van der Waals surface area contributed by atoms with Crippen LogP contribution in [0.3, 0.4) is 0 Å². The van der Waals surface area contributed by atoms with Crippen molar-refractivity contribution in [1.29, 1.82) is 0 Å². The van der Waals surface area contributed by atoms with Crippen LogP contribution in [0.15, 0.2) is 29.2 Å². The molecule has 0 aliphatic heterocycles. The molecule has 2 fully saturated rings. The van der Waals surface area contributed by atoms with Crippen LogP contribution in [-0.2, 0) is 19.6 Å². The maximum absolute atomic E-state index is 12.5. The number of sulfonamides is 1. The zero-order valence-electron chi connectivity index (χ0n) is 18.1. The van der Waals surface area contributed by atoms with Gasteiger partial charge in [-0.2, -0.15) is 0 Å². The van der Waals surface area contributed by atoms with Gasteiger partial charge in [0.25, 0.3) is 0 Å². The first kappa shape index (κ1) is 23.5. The highest BCUT2D eigenvalue weighted by molar-refractivity contribution is 7.89. The van der Waals surface area contributed by atoms with Crippen molar-refractivity contribution in [2.24, 2.45) is 11.8 Å². The van der Waals surface area contributed by atoms with Crippen molar-refractivity contribution < 1.29 is 22.7 Å². The number of carbonyl (C=O) groups is 2. The molecule has 0 saturated heterocycles. The van der Waals surface area contributed by atoms with Gasteiger partial charge in [-0.1, -0.05) is 12.8 Å². The summed E-state index contributed by atoms with van der Waals surface area (Å²) in [6, 6.07) is 6.52. The minimum absolute atomic E-state index is 0.0247. The van der Waals surface area contributed by atoms with Crippen LogP contribution in [-0.4, -0.2) is 46.5 Å². The molecule has 2 amide bonds. The van der Waals surface area contributed by atoms with Gasteiger partial charge in [0.15, 0.2) is 0 Å². The highest BCUT2D eigenvalue weighted by Crippen LogP contribution is 2.29. The Labute approximate surface area is 184 Å². The highest BCUT2D eigenvalue weighted by atomic mass is 32.2. The summed E-state index contributed by atoms with van der Waals surface area (Å²) in [7, 11) is -2.04. The molecule has 0 spiro atoms. The molecular formula is C22H33N3O5S. The van der Waals surface area contributed by atoms with Gasteiger partial charge in [-0.3, -0.25) is 9.59 Å². The van der Waals surface area contributed by atoms with Crippen LogP contribution in [0.5, 0.6) is 5.75 Å². The maximum atomic E-state index is 12.5. The molecule has 3 N–H and O–H groups in total. The van der Waals surface area contributed by atoms with E-state index in [4.69, 9.17) is 4.74 Å². The van der Waals surface area contributed by atoms with Crippen molar-refractivity contribution in [3.05, 3.63) is 24.3 Å². The predicted molar refractivity (Wildman–Crippen MR) is 117 cm³/mol. The van der Waals surface area contributed by atoms with Crippen LogP contribution in [0.25, 0.3) is 0 Å². The molecule has 31 heavy (non-hydrogen) atoms. The van der Waals surface area contributed by atoms with Crippen molar-refractivity contribution in [3.63, 3.8) is 0 Å². The topological polar surface area (TPSA) is 114 Å². The summed E-state index contributed by atoms with van der Waals surface area (Å²) in [6.07, 6.45) is 7.29. The second kappa shape index (κ2) is 10.9. The summed E-state index contributed by atoms with van der Waals surface area (Å²) < 4.78 is 32.7. The summed E-state index contributed by atoms with van der Waals surface area (Å²) in [6.45, 7) is 0.378. The summed E-state index contributed by atoms with van der Waals surface area (Å²) in [5.74, 6) is 0.476. The normalized spacial score (nSPS) is 22.1. The molecule has 2 aliphatic carbocycles. The minimum atomic E-state index is -3.57. The first-order chi connectivity index (χ1) is 14.9. The fourth-order valence-corrected chi connectivity index (χ4v) is 5.47. The summed E-state index contributed by atoms with van der Waals surface area (Å²) in [5.41, 5.74) is 0. The molecule has 0 unspecified atom stereocenters. The molecule has 2 saturated carbocycles. The Balaban J connectivity index is 1.36. The molecule has 2 aliphatic rings. The second-order valence-electron chi connectivity index (χ2n) is 8.51. The molecule has 3 rings (SSSR count). The lowest BCUT2D eigenvalue weighted by molar-refractivity contribution is -0.129. The van der Waals surface area contributed by atoms with E-state index in [2.05, 4.69) is 15.4 Å². The first-order valence-corrected chi connectivity index (χ1v) is 12.6. The number of carbonyl (C=O) groups excluding carboxylic acids is 2. The quantitative estimate of drug-likeness (QED) is 0.531. The second-order valence-corrected chi connectivity index (χ2v) is 10.3. The third kappa shape index (κ3) is 6.93. The zero-order valence-corrected chi connectivity index (χ0v) is 18.9. The molecule has 0 heterocycles. The van der Waals surface area contributed by atoms with Crippen molar-refractivity contribution in [2.75, 3.05) is 20.2 Å². The van der Waals surface area contributed by atoms with Crippen molar-refractivity contribution >= 4 is 21.8 Å². The number of amides is 2. The van der Waals surface area contributed by atoms with E-state index >= 15 is 0 Å². The number of rotatable bonds is 9. The lowest BCUT2D eigenvalue weighted by Crippen LogP contribution is -2.43. The predicted octanol–water partition coefficient (Wildman–Crippen LogP) is 1.95. The molecule has 9 heteroatoms. The van der Waals surface area contributed by atoms with Crippen molar-refractivity contribution in [2.45, 2.75) is 62.3 Å². The Morgan fingerprint density at radius 2 is 1.65 bits per heavy atom. The zero-order chi connectivity index (χ0) is 22.3. The summed E-state index contributed by atoms with van der Waals surface area (Å²) in [5, 5.41) is 5.72. The van der Waals surface area contributed by atoms with E-state index in [9.17, 15) is 18.0 Å². The van der Waals surface area contributed by atoms with Crippen molar-refractivity contribution in [1.82, 2.24) is 15.4 Å². The molecule has 172 valence electrons. The number of nitrogens with one attached hydrogen (secondary N) is 3. The van der Waals surface area contributed by atoms with Gasteiger partial charge in [0, 0.05) is 18.5 Å². The molecule has 0 atom stereocenters. The largest absolute Gasteiger partial charge is 0.497 e. The fraction of sp³-hybridized carbons (Fsp3) is 0.636. The third-order valence-electron chi connectivity index (χ3n) is 6.29. The Kier molecular flexibility index (Phi) is 8.31. The molecule has 1 aromatic carbocycles.